The average Bonchev–Trinajstić information content (AvgIpc) is 0.722. The summed E-state index contributed by atoms with van der Waals surface area (Å²) in [5.41, 5.74) is 0. The summed E-state index contributed by atoms with van der Waals surface area (Å²) in [7, 11) is -5.61. The van der Waals surface area contributed by atoms with Crippen LogP contribution in [0, 0.1) is 0 Å². The summed E-state index contributed by atoms with van der Waals surface area (Å²) in [6.45, 7) is 0. The monoisotopic (exact) mass is 297 g/mol. The van der Waals surface area contributed by atoms with Crippen LogP contribution in [0.2, 0.25) is 0 Å². The summed E-state index contributed by atoms with van der Waals surface area (Å²) >= 11 is 0. The fourth-order valence-electron chi connectivity index (χ4n) is 0. The fourth-order valence-corrected chi connectivity index (χ4v) is 0. The molecule has 6 nitrogen and oxygen atoms in total. The van der Waals surface area contributed by atoms with Crippen molar-refractivity contribution in [1.29, 1.82) is 0 Å². The van der Waals surface area contributed by atoms with Crippen LogP contribution in [0.4, 0.5) is 0 Å². The van der Waals surface area contributed by atoms with E-state index in [2.05, 4.69) is 0 Å². The summed E-state index contributed by atoms with van der Waals surface area (Å²) in [6, 6.07) is 0. The van der Waals surface area contributed by atoms with E-state index >= 15 is 0 Å². The van der Waals surface area contributed by atoms with Crippen molar-refractivity contribution in [3.63, 3.8) is 0 Å². The Morgan fingerprint density at radius 3 is 0.909 bits per heavy atom. The average molecular weight is 299 g/mol. The molecule has 0 atom stereocenters. The largest absolute Gasteiger partial charge is 3.00 e. The predicted octanol–water partition coefficient (Wildman–Crippen LogP) is -6.85. The quantitative estimate of drug-likeness (QED) is 0.408. The molecule has 0 aromatic heterocycles. The van der Waals surface area contributed by atoms with Gasteiger partial charge in [0.2, 0.25) is 0 Å². The van der Waals surface area contributed by atoms with E-state index < -0.39 is 9.05 Å². The molecule has 0 spiro atoms. The minimum Gasteiger partial charge on any atom is -2.00 e. The molecule has 0 saturated heterocycles. The Labute approximate surface area is 115 Å². The first kappa shape index (κ1) is 50.2. The van der Waals surface area contributed by atoms with E-state index in [0.717, 1.165) is 0 Å². The maximum Gasteiger partial charge on any atom is 3.00 e. The van der Waals surface area contributed by atoms with Gasteiger partial charge in [0.25, 0.3) is 0 Å². The van der Waals surface area contributed by atoms with Gasteiger partial charge in [-0.3, -0.25) is 0 Å². The molecule has 0 rings (SSSR count). The first-order chi connectivity index (χ1) is 2.00. The van der Waals surface area contributed by atoms with Crippen LogP contribution in [0.15, 0.2) is 0 Å². The van der Waals surface area contributed by atoms with Crippen LogP contribution in [-0.2, 0) is 42.0 Å². The minimum atomic E-state index is -5.61. The van der Waals surface area contributed by atoms with Crippen LogP contribution in [-0.4, -0.2) is 54.9 Å². The normalized spacial score (nSPS) is 5.45. The number of hydrogen-bond donors (Lipinski definition) is 0. The second-order valence-corrected chi connectivity index (χ2v) is 1.50. The van der Waals surface area contributed by atoms with Gasteiger partial charge in [0.1, 0.15) is 0 Å². The van der Waals surface area contributed by atoms with Crippen LogP contribution < -0.4 is 19.2 Å². The van der Waals surface area contributed by atoms with E-state index in [1.165, 1.54) is 0 Å². The van der Waals surface area contributed by atoms with Gasteiger partial charge in [-0.2, -0.15) is 0 Å². The van der Waals surface area contributed by atoms with Gasteiger partial charge < -0.3 is 39.2 Å². The van der Waals surface area contributed by atoms with Crippen molar-refractivity contribution in [3.05, 3.63) is 0 Å². The predicted molar refractivity (Wildman–Crippen MR) is 21.6 cm³/mol. The van der Waals surface area contributed by atoms with E-state index in [1.54, 1.807) is 0 Å². The molecule has 0 bridgehead atoms. The first-order valence-electron chi connectivity index (χ1n) is 0.816. The third kappa shape index (κ3) is 230. The second kappa shape index (κ2) is 22.8. The summed E-state index contributed by atoms with van der Waals surface area (Å²) in [5, 5.41) is 0. The van der Waals surface area contributed by atoms with Crippen LogP contribution in [0.1, 0.15) is 0 Å². The van der Waals surface area contributed by atoms with E-state index in [1.807, 2.05) is 0 Å². The molecule has 0 aliphatic carbocycles. The molecule has 58 valence electrons. The van der Waals surface area contributed by atoms with Crippen molar-refractivity contribution >= 4 is 49.5 Å². The molecule has 0 amide bonds. The summed E-state index contributed by atoms with van der Waals surface area (Å²) < 4.78 is 0. The SMILES string of the molecule is O.[Al+3].[Fe].[Mg+2].[O-2].[O-][Si]([O-])([O-])[O-].[Zn]. The molecule has 0 unspecified atom stereocenters. The summed E-state index contributed by atoms with van der Waals surface area (Å²) in [6.07, 6.45) is 0. The van der Waals surface area contributed by atoms with Gasteiger partial charge in [-0.15, -0.1) is 0 Å². The van der Waals surface area contributed by atoms with E-state index in [4.69, 9.17) is 19.2 Å². The smallest absolute Gasteiger partial charge is 2.00 e. The van der Waals surface area contributed by atoms with Crippen molar-refractivity contribution in [3.8, 4) is 0 Å². The molecule has 0 aliphatic rings. The molecule has 0 aromatic carbocycles. The Bertz CT molecular complexity index is 38.1. The summed E-state index contributed by atoms with van der Waals surface area (Å²) in [5.74, 6) is 0. The van der Waals surface area contributed by atoms with Crippen molar-refractivity contribution < 1.29 is 66.7 Å². The number of rotatable bonds is 0. The topological polar surface area (TPSA) is 152 Å². The van der Waals surface area contributed by atoms with E-state index in [0.29, 0.717) is 0 Å². The Morgan fingerprint density at radius 2 is 0.909 bits per heavy atom. The Balaban J connectivity index is -0.00000000533. The Kier molecular flexibility index (Phi) is 104. The van der Waals surface area contributed by atoms with Crippen LogP contribution in [0.3, 0.4) is 0 Å². The van der Waals surface area contributed by atoms with Crippen molar-refractivity contribution in [2.45, 2.75) is 0 Å². The molecule has 0 saturated carbocycles. The molecular formula is H2AlFeMgO6SiZn-. The molecular weight excluding hydrogens is 297 g/mol. The van der Waals surface area contributed by atoms with Gasteiger partial charge in [-0.1, -0.05) is 0 Å². The van der Waals surface area contributed by atoms with Crippen molar-refractivity contribution in [2.24, 2.45) is 0 Å². The third-order valence-corrected chi connectivity index (χ3v) is 0. The molecule has 11 heavy (non-hydrogen) atoms. The Morgan fingerprint density at radius 1 is 0.909 bits per heavy atom. The zero-order valence-corrected chi connectivity index (χ0v) is 13.0. The van der Waals surface area contributed by atoms with E-state index in [-0.39, 0.29) is 87.9 Å². The molecule has 11 heteroatoms. The standard InChI is InChI=1S/Al.Fe.Mg.O4Si.H2O.O.Zn/c;;;1-5(2,3)4;;;/h;;;;1H2;;/q+3;;+2;-4;;-2;. The fraction of sp³-hybridized carbons (Fsp3) is 0. The van der Waals surface area contributed by atoms with Crippen LogP contribution in [0.5, 0.6) is 0 Å². The van der Waals surface area contributed by atoms with Gasteiger partial charge in [0.15, 0.2) is 0 Å². The first-order valence-corrected chi connectivity index (χ1v) is 2.45. The third-order valence-electron chi connectivity index (χ3n) is 0. The second-order valence-electron chi connectivity index (χ2n) is 0.500. The van der Waals surface area contributed by atoms with Crippen molar-refractivity contribution in [1.82, 2.24) is 0 Å². The van der Waals surface area contributed by atoms with Crippen LogP contribution in [0.25, 0.3) is 0 Å². The zero-order chi connectivity index (χ0) is 4.50. The van der Waals surface area contributed by atoms with E-state index in [9.17, 15) is 0 Å². The van der Waals surface area contributed by atoms with Gasteiger partial charge in [-0.05, 0) is 0 Å². The van der Waals surface area contributed by atoms with Crippen LogP contribution >= 0.6 is 0 Å². The molecule has 0 radical (unpaired) electrons. The van der Waals surface area contributed by atoms with Crippen molar-refractivity contribution in [2.75, 3.05) is 0 Å². The Hall–Kier alpha value is 2.42. The van der Waals surface area contributed by atoms with Gasteiger partial charge in [0.05, 0.1) is 0 Å². The van der Waals surface area contributed by atoms with Gasteiger partial charge >= 0.3 is 40.4 Å². The zero-order valence-electron chi connectivity index (χ0n) is 5.39. The van der Waals surface area contributed by atoms with Gasteiger partial charge in [-0.25, -0.2) is 0 Å². The molecule has 0 aromatic rings. The van der Waals surface area contributed by atoms with Gasteiger partial charge in [0, 0.05) is 36.5 Å². The molecule has 2 N–H and O–H groups in total. The molecule has 0 aliphatic heterocycles. The maximum atomic E-state index is 8.58. The maximum absolute atomic E-state index is 8.58. The molecule has 0 heterocycles. The molecule has 0 fully saturated rings. The number of hydrogen-bond acceptors (Lipinski definition) is 4. The minimum absolute atomic E-state index is 0. The summed E-state index contributed by atoms with van der Waals surface area (Å²) in [4.78, 5) is 34.3.